The summed E-state index contributed by atoms with van der Waals surface area (Å²) >= 11 is 0. The number of hydrogen-bond donors (Lipinski definition) is 0. The van der Waals surface area contributed by atoms with Gasteiger partial charge in [-0.1, -0.05) is 38.5 Å². The van der Waals surface area contributed by atoms with E-state index in [9.17, 15) is 0 Å². The van der Waals surface area contributed by atoms with E-state index in [1.54, 1.807) is 7.11 Å². The number of ether oxygens (including phenoxy) is 2. The number of benzene rings is 2. The van der Waals surface area contributed by atoms with E-state index in [0.29, 0.717) is 12.5 Å². The first-order chi connectivity index (χ1) is 11.7. The van der Waals surface area contributed by atoms with E-state index >= 15 is 0 Å². The molecule has 1 aromatic heterocycles. The Hall–Kier alpha value is -2.49. The van der Waals surface area contributed by atoms with E-state index < -0.39 is 0 Å². The number of fused-ring (bicyclic) bond motifs is 1. The van der Waals surface area contributed by atoms with Gasteiger partial charge in [-0.15, -0.1) is 0 Å². The SMILES string of the molecule is CC[C@@H](C)Cn1c(COc2cccc(OC)c2)nc2ccccc21. The van der Waals surface area contributed by atoms with Gasteiger partial charge in [-0.05, 0) is 30.2 Å². The molecule has 0 bridgehead atoms. The summed E-state index contributed by atoms with van der Waals surface area (Å²) in [6.45, 7) is 5.88. The van der Waals surface area contributed by atoms with Gasteiger partial charge in [0.05, 0.1) is 18.1 Å². The number of nitrogens with zero attached hydrogens (tertiary/aromatic N) is 2. The minimum atomic E-state index is 0.443. The van der Waals surface area contributed by atoms with Crippen LogP contribution in [0.5, 0.6) is 11.5 Å². The number of para-hydroxylation sites is 2. The Morgan fingerprint density at radius 1 is 1.08 bits per heavy atom. The summed E-state index contributed by atoms with van der Waals surface area (Å²) in [6, 6.07) is 15.9. The van der Waals surface area contributed by atoms with Crippen LogP contribution >= 0.6 is 0 Å². The van der Waals surface area contributed by atoms with Crippen LogP contribution in [-0.2, 0) is 13.2 Å². The molecule has 0 saturated carbocycles. The molecule has 0 amide bonds. The van der Waals surface area contributed by atoms with Gasteiger partial charge in [0.15, 0.2) is 0 Å². The lowest BCUT2D eigenvalue weighted by molar-refractivity contribution is 0.284. The van der Waals surface area contributed by atoms with Crippen molar-refractivity contribution >= 4 is 11.0 Å². The van der Waals surface area contributed by atoms with Gasteiger partial charge in [-0.3, -0.25) is 0 Å². The van der Waals surface area contributed by atoms with E-state index in [0.717, 1.165) is 35.8 Å². The fraction of sp³-hybridized carbons (Fsp3) is 0.350. The third-order valence-corrected chi connectivity index (χ3v) is 4.33. The zero-order valence-corrected chi connectivity index (χ0v) is 14.5. The quantitative estimate of drug-likeness (QED) is 0.633. The normalized spacial score (nSPS) is 12.3. The zero-order chi connectivity index (χ0) is 16.9. The Labute approximate surface area is 143 Å². The molecule has 3 rings (SSSR count). The van der Waals surface area contributed by atoms with Crippen LogP contribution in [-0.4, -0.2) is 16.7 Å². The van der Waals surface area contributed by atoms with Gasteiger partial charge in [-0.2, -0.15) is 0 Å². The first-order valence-electron chi connectivity index (χ1n) is 8.42. The minimum Gasteiger partial charge on any atom is -0.497 e. The van der Waals surface area contributed by atoms with Crippen molar-refractivity contribution in [3.63, 3.8) is 0 Å². The zero-order valence-electron chi connectivity index (χ0n) is 14.5. The van der Waals surface area contributed by atoms with Crippen molar-refractivity contribution in [2.75, 3.05) is 7.11 Å². The van der Waals surface area contributed by atoms with Crippen LogP contribution in [0.3, 0.4) is 0 Å². The third-order valence-electron chi connectivity index (χ3n) is 4.33. The second-order valence-electron chi connectivity index (χ2n) is 6.11. The highest BCUT2D eigenvalue weighted by Crippen LogP contribution is 2.22. The van der Waals surface area contributed by atoms with Gasteiger partial charge < -0.3 is 14.0 Å². The highest BCUT2D eigenvalue weighted by molar-refractivity contribution is 5.75. The van der Waals surface area contributed by atoms with Crippen LogP contribution in [0.15, 0.2) is 48.5 Å². The molecule has 0 spiro atoms. The predicted octanol–water partition coefficient (Wildman–Crippen LogP) is 4.67. The molecule has 2 aromatic carbocycles. The summed E-state index contributed by atoms with van der Waals surface area (Å²) in [5, 5.41) is 0. The topological polar surface area (TPSA) is 36.3 Å². The maximum atomic E-state index is 5.96. The summed E-state index contributed by atoms with van der Waals surface area (Å²) in [7, 11) is 1.66. The maximum absolute atomic E-state index is 5.96. The van der Waals surface area contributed by atoms with Crippen LogP contribution in [0.1, 0.15) is 26.1 Å². The highest BCUT2D eigenvalue weighted by atomic mass is 16.5. The molecule has 0 aliphatic rings. The molecule has 4 nitrogen and oxygen atoms in total. The molecule has 0 unspecified atom stereocenters. The Morgan fingerprint density at radius 3 is 2.67 bits per heavy atom. The van der Waals surface area contributed by atoms with Gasteiger partial charge in [0.1, 0.15) is 23.9 Å². The number of aromatic nitrogens is 2. The van der Waals surface area contributed by atoms with Crippen molar-refractivity contribution in [1.82, 2.24) is 9.55 Å². The number of rotatable bonds is 7. The van der Waals surface area contributed by atoms with E-state index in [1.165, 1.54) is 5.52 Å². The standard InChI is InChI=1S/C20H24N2O2/c1-4-15(2)13-22-19-11-6-5-10-18(19)21-20(22)14-24-17-9-7-8-16(12-17)23-3/h5-12,15H,4,13-14H2,1-3H3/t15-/m1/s1. The number of imidazole rings is 1. The molecule has 1 atom stereocenters. The molecule has 0 N–H and O–H groups in total. The molecule has 0 aliphatic heterocycles. The monoisotopic (exact) mass is 324 g/mol. The number of hydrogen-bond acceptors (Lipinski definition) is 3. The molecule has 126 valence electrons. The molecule has 3 aromatic rings. The largest absolute Gasteiger partial charge is 0.497 e. The highest BCUT2D eigenvalue weighted by Gasteiger charge is 2.13. The van der Waals surface area contributed by atoms with Crippen LogP contribution in [0.4, 0.5) is 0 Å². The summed E-state index contributed by atoms with van der Waals surface area (Å²) in [6.07, 6.45) is 1.14. The molecule has 0 saturated heterocycles. The van der Waals surface area contributed by atoms with Crippen molar-refractivity contribution < 1.29 is 9.47 Å². The fourth-order valence-electron chi connectivity index (χ4n) is 2.72. The van der Waals surface area contributed by atoms with Crippen LogP contribution in [0, 0.1) is 5.92 Å². The van der Waals surface area contributed by atoms with Gasteiger partial charge in [0.2, 0.25) is 0 Å². The lowest BCUT2D eigenvalue weighted by atomic mass is 10.1. The second kappa shape index (κ2) is 7.39. The Balaban J connectivity index is 1.86. The van der Waals surface area contributed by atoms with E-state index in [4.69, 9.17) is 14.5 Å². The summed E-state index contributed by atoms with van der Waals surface area (Å²) < 4.78 is 13.5. The van der Waals surface area contributed by atoms with Crippen molar-refractivity contribution in [2.45, 2.75) is 33.4 Å². The smallest absolute Gasteiger partial charge is 0.148 e. The molecule has 1 heterocycles. The van der Waals surface area contributed by atoms with Crippen molar-refractivity contribution in [1.29, 1.82) is 0 Å². The van der Waals surface area contributed by atoms with Crippen LogP contribution in [0.2, 0.25) is 0 Å². The molecule has 0 radical (unpaired) electrons. The van der Waals surface area contributed by atoms with Gasteiger partial charge in [0.25, 0.3) is 0 Å². The second-order valence-corrected chi connectivity index (χ2v) is 6.11. The minimum absolute atomic E-state index is 0.443. The van der Waals surface area contributed by atoms with E-state index in [1.807, 2.05) is 30.3 Å². The average molecular weight is 324 g/mol. The Morgan fingerprint density at radius 2 is 1.88 bits per heavy atom. The summed E-state index contributed by atoms with van der Waals surface area (Å²) in [4.78, 5) is 4.76. The average Bonchev–Trinajstić information content (AvgIpc) is 2.97. The van der Waals surface area contributed by atoms with Gasteiger partial charge in [0, 0.05) is 12.6 Å². The molecule has 4 heteroatoms. The van der Waals surface area contributed by atoms with E-state index in [-0.39, 0.29) is 0 Å². The lowest BCUT2D eigenvalue weighted by Gasteiger charge is -2.14. The molecule has 24 heavy (non-hydrogen) atoms. The van der Waals surface area contributed by atoms with Crippen molar-refractivity contribution in [2.24, 2.45) is 5.92 Å². The first-order valence-corrected chi connectivity index (χ1v) is 8.42. The maximum Gasteiger partial charge on any atom is 0.148 e. The van der Waals surface area contributed by atoms with Crippen molar-refractivity contribution in [3.8, 4) is 11.5 Å². The molecule has 0 fully saturated rings. The summed E-state index contributed by atoms with van der Waals surface area (Å²) in [5.41, 5.74) is 2.19. The van der Waals surface area contributed by atoms with Crippen LogP contribution < -0.4 is 9.47 Å². The lowest BCUT2D eigenvalue weighted by Crippen LogP contribution is -2.12. The Kier molecular flexibility index (Phi) is 5.04. The van der Waals surface area contributed by atoms with Gasteiger partial charge in [-0.25, -0.2) is 4.98 Å². The molecular formula is C20H24N2O2. The predicted molar refractivity (Wildman–Crippen MR) is 96.5 cm³/mol. The summed E-state index contributed by atoms with van der Waals surface area (Å²) in [5.74, 6) is 3.13. The fourth-order valence-corrected chi connectivity index (χ4v) is 2.72. The number of methoxy groups -OCH3 is 1. The van der Waals surface area contributed by atoms with Crippen molar-refractivity contribution in [3.05, 3.63) is 54.4 Å². The molecule has 0 aliphatic carbocycles. The Bertz CT molecular complexity index is 810. The first kappa shape index (κ1) is 16.4. The third kappa shape index (κ3) is 3.53. The molecular weight excluding hydrogens is 300 g/mol. The van der Waals surface area contributed by atoms with Gasteiger partial charge >= 0.3 is 0 Å². The van der Waals surface area contributed by atoms with E-state index in [2.05, 4.69) is 36.6 Å². The van der Waals surface area contributed by atoms with Crippen LogP contribution in [0.25, 0.3) is 11.0 Å².